The molecule has 1 unspecified atom stereocenters. The second-order valence-electron chi connectivity index (χ2n) is 19.6. The molecule has 1 atom stereocenters. The first-order valence-corrected chi connectivity index (χ1v) is 25.7. The van der Waals surface area contributed by atoms with E-state index in [-0.39, 0.29) is 0 Å². The molecule has 2 aliphatic rings. The summed E-state index contributed by atoms with van der Waals surface area (Å²) in [5, 5.41) is 4.54. The van der Waals surface area contributed by atoms with Gasteiger partial charge in [-0.2, -0.15) is 15.0 Å². The number of rotatable bonds is 8. The molecule has 9 aromatic carbocycles. The molecule has 0 bridgehead atoms. The molecule has 0 saturated carbocycles. The van der Waals surface area contributed by atoms with Gasteiger partial charge in [0.1, 0.15) is 0 Å². The summed E-state index contributed by atoms with van der Waals surface area (Å²) in [6.45, 7) is 8.73. The van der Waals surface area contributed by atoms with Gasteiger partial charge in [-0.1, -0.05) is 230 Å². The number of aromatic nitrogens is 5. The van der Waals surface area contributed by atoms with Crippen molar-refractivity contribution in [2.75, 3.05) is 0 Å². The zero-order chi connectivity index (χ0) is 49.7. The van der Waals surface area contributed by atoms with Crippen molar-refractivity contribution in [1.29, 1.82) is 0 Å². The maximum Gasteiger partial charge on any atom is 0.240 e. The molecule has 2 aliphatic carbocycles. The molecule has 5 heteroatoms. The number of nitrogens with zero attached hydrogens (tertiary/aromatic N) is 5. The third-order valence-electron chi connectivity index (χ3n) is 16.3. The van der Waals surface area contributed by atoms with Crippen molar-refractivity contribution in [3.8, 4) is 45.5 Å². The lowest BCUT2D eigenvalue weighted by Gasteiger charge is -2.35. The van der Waals surface area contributed by atoms with Crippen LogP contribution < -0.4 is 0 Å². The van der Waals surface area contributed by atoms with Crippen LogP contribution in [0.5, 0.6) is 0 Å². The van der Waals surface area contributed by atoms with Crippen LogP contribution >= 0.6 is 0 Å². The van der Waals surface area contributed by atoms with Crippen LogP contribution in [0.2, 0.25) is 0 Å². The van der Waals surface area contributed by atoms with Crippen molar-refractivity contribution in [2.24, 2.45) is 0 Å². The Morgan fingerprint density at radius 2 is 0.892 bits per heavy atom. The molecule has 5 nitrogen and oxygen atoms in total. The summed E-state index contributed by atoms with van der Waals surface area (Å²) < 4.78 is 4.65. The second kappa shape index (κ2) is 16.7. The first-order chi connectivity index (χ1) is 36.5. The number of hydrogen-bond donors (Lipinski definition) is 0. The fourth-order valence-electron chi connectivity index (χ4n) is 13.3. The summed E-state index contributed by atoms with van der Waals surface area (Å²) >= 11 is 0. The smallest absolute Gasteiger partial charge is 0.240 e. The number of fused-ring (bicyclic) bond motifs is 14. The molecule has 0 radical (unpaired) electrons. The van der Waals surface area contributed by atoms with Crippen molar-refractivity contribution >= 4 is 43.6 Å². The van der Waals surface area contributed by atoms with Crippen LogP contribution in [0.25, 0.3) is 89.2 Å². The van der Waals surface area contributed by atoms with E-state index in [2.05, 4.69) is 267 Å². The van der Waals surface area contributed by atoms with E-state index in [1.54, 1.807) is 0 Å². The van der Waals surface area contributed by atoms with Gasteiger partial charge in [-0.3, -0.25) is 9.13 Å². The van der Waals surface area contributed by atoms with Crippen LogP contribution in [0.15, 0.2) is 248 Å². The van der Waals surface area contributed by atoms with E-state index in [0.29, 0.717) is 17.7 Å². The average molecular weight is 950 g/mol. The van der Waals surface area contributed by atoms with E-state index in [4.69, 9.17) is 15.0 Å². The Bertz CT molecular complexity index is 4300. The first kappa shape index (κ1) is 43.6. The molecule has 14 rings (SSSR count). The third kappa shape index (κ3) is 5.78. The van der Waals surface area contributed by atoms with E-state index in [1.807, 2.05) is 6.07 Å². The lowest BCUT2D eigenvalue weighted by Crippen LogP contribution is -2.29. The van der Waals surface area contributed by atoms with Crippen LogP contribution in [0.1, 0.15) is 61.1 Å². The molecule has 3 aromatic heterocycles. The standard InChI is InChI=1S/C69H51N5/c1-5-25-46(7-3)68(44(4)6-2)55-36-21-17-34-53(55)61-57(68)42-40-51-49-32-19-23-38-59(49)73(63(51)61)66-70-65(45-26-11-8-12-27-45)71-67(72-66)74-60-39-24-20-33-50(60)52-41-43-58-62(64(52)74)54-35-18-22-37-56(54)69(58,47-28-13-9-14-29-47)48-30-15-10-16-31-48/h5-43H,1-4H3/b25-5-,44-6+,46-7+. The summed E-state index contributed by atoms with van der Waals surface area (Å²) in [6, 6.07) is 77.3. The van der Waals surface area contributed by atoms with Crippen LogP contribution in [0, 0.1) is 0 Å². The van der Waals surface area contributed by atoms with Gasteiger partial charge < -0.3 is 0 Å². The van der Waals surface area contributed by atoms with Crippen molar-refractivity contribution < 1.29 is 0 Å². The van der Waals surface area contributed by atoms with Crippen LogP contribution in [0.4, 0.5) is 0 Å². The number of allylic oxidation sites excluding steroid dienone is 6. The van der Waals surface area contributed by atoms with Crippen molar-refractivity contribution in [2.45, 2.75) is 38.5 Å². The van der Waals surface area contributed by atoms with E-state index < -0.39 is 10.8 Å². The third-order valence-corrected chi connectivity index (χ3v) is 16.3. The number of hydrogen-bond acceptors (Lipinski definition) is 3. The Morgan fingerprint density at radius 3 is 1.45 bits per heavy atom. The highest BCUT2D eigenvalue weighted by Gasteiger charge is 2.49. The highest BCUT2D eigenvalue weighted by Crippen LogP contribution is 2.61. The summed E-state index contributed by atoms with van der Waals surface area (Å²) in [7, 11) is 0. The highest BCUT2D eigenvalue weighted by atomic mass is 15.3. The molecule has 3 heterocycles. The van der Waals surface area contributed by atoms with E-state index >= 15 is 0 Å². The molecule has 0 N–H and O–H groups in total. The van der Waals surface area contributed by atoms with Gasteiger partial charge in [0.05, 0.1) is 32.9 Å². The molecule has 0 fully saturated rings. The SMILES string of the molecule is C/C=C\C(=C/C)C1(/C(C)=C/C)c2ccccc2-c2c1ccc1c3ccccc3n(-c3nc(-c4ccccc4)nc(-n4c5ccccc5c5ccc6c(c54)-c4ccccc4C6(c4ccccc4)c4ccccc4)n3)c21. The van der Waals surface area contributed by atoms with Gasteiger partial charge in [-0.25, -0.2) is 0 Å². The average Bonchev–Trinajstić information content (AvgIpc) is 4.34. The topological polar surface area (TPSA) is 48.5 Å². The molecule has 12 aromatic rings. The largest absolute Gasteiger partial charge is 0.277 e. The van der Waals surface area contributed by atoms with Crippen LogP contribution in [-0.2, 0) is 10.8 Å². The molecule has 0 saturated heterocycles. The van der Waals surface area contributed by atoms with Gasteiger partial charge in [0.2, 0.25) is 11.9 Å². The molecular weight excluding hydrogens is 899 g/mol. The van der Waals surface area contributed by atoms with E-state index in [9.17, 15) is 0 Å². The van der Waals surface area contributed by atoms with Crippen LogP contribution in [-0.4, -0.2) is 24.1 Å². The minimum Gasteiger partial charge on any atom is -0.277 e. The van der Waals surface area contributed by atoms with Crippen LogP contribution in [0.3, 0.4) is 0 Å². The van der Waals surface area contributed by atoms with Crippen molar-refractivity contribution in [3.05, 3.63) is 281 Å². The Labute approximate surface area is 430 Å². The molecule has 352 valence electrons. The lowest BCUT2D eigenvalue weighted by molar-refractivity contribution is 0.741. The van der Waals surface area contributed by atoms with Gasteiger partial charge in [-0.05, 0) is 89.9 Å². The Kier molecular flexibility index (Phi) is 9.83. The molecular formula is C69H51N5. The number of benzene rings is 9. The summed E-state index contributed by atoms with van der Waals surface area (Å²) in [5.41, 5.74) is 18.7. The zero-order valence-corrected chi connectivity index (χ0v) is 41.8. The van der Waals surface area contributed by atoms with Gasteiger partial charge in [0.15, 0.2) is 5.82 Å². The van der Waals surface area contributed by atoms with Crippen molar-refractivity contribution in [3.63, 3.8) is 0 Å². The predicted octanol–water partition coefficient (Wildman–Crippen LogP) is 16.9. The lowest BCUT2D eigenvalue weighted by atomic mass is 9.67. The van der Waals surface area contributed by atoms with E-state index in [0.717, 1.165) is 49.2 Å². The Morgan fingerprint density at radius 1 is 0.419 bits per heavy atom. The molecule has 74 heavy (non-hydrogen) atoms. The molecule has 0 spiro atoms. The minimum atomic E-state index is -0.594. The maximum atomic E-state index is 5.80. The Hall–Kier alpha value is -9.19. The quantitative estimate of drug-likeness (QED) is 0.113. The van der Waals surface area contributed by atoms with Gasteiger partial charge in [-0.15, -0.1) is 0 Å². The van der Waals surface area contributed by atoms with Gasteiger partial charge in [0.25, 0.3) is 0 Å². The van der Waals surface area contributed by atoms with E-state index in [1.165, 1.54) is 66.8 Å². The fourth-order valence-corrected chi connectivity index (χ4v) is 13.3. The summed E-state index contributed by atoms with van der Waals surface area (Å²) in [4.78, 5) is 16.9. The maximum absolute atomic E-state index is 5.80. The highest BCUT2D eigenvalue weighted by molar-refractivity contribution is 6.17. The summed E-state index contributed by atoms with van der Waals surface area (Å²) in [5.74, 6) is 1.69. The van der Waals surface area contributed by atoms with Gasteiger partial charge in [0, 0.05) is 38.2 Å². The Balaban J connectivity index is 1.14. The monoisotopic (exact) mass is 949 g/mol. The zero-order valence-electron chi connectivity index (χ0n) is 41.8. The second-order valence-corrected chi connectivity index (χ2v) is 19.6. The predicted molar refractivity (Wildman–Crippen MR) is 305 cm³/mol. The molecule has 0 aliphatic heterocycles. The number of para-hydroxylation sites is 2. The minimum absolute atomic E-state index is 0.523. The fraction of sp³-hybridized carbons (Fsp3) is 0.0870. The molecule has 0 amide bonds. The first-order valence-electron chi connectivity index (χ1n) is 25.7. The normalized spacial score (nSPS) is 15.8. The van der Waals surface area contributed by atoms with Crippen molar-refractivity contribution in [1.82, 2.24) is 24.1 Å². The van der Waals surface area contributed by atoms with Gasteiger partial charge >= 0.3 is 0 Å². The summed E-state index contributed by atoms with van der Waals surface area (Å²) in [6.07, 6.45) is 9.02.